The van der Waals surface area contributed by atoms with Gasteiger partial charge < -0.3 is 15.3 Å². The summed E-state index contributed by atoms with van der Waals surface area (Å²) in [5, 5.41) is 28.3. The van der Waals surface area contributed by atoms with Gasteiger partial charge in [-0.2, -0.15) is 0 Å². The average Bonchev–Trinajstić information content (AvgIpc) is 2.73. The lowest BCUT2D eigenvalue weighted by Crippen LogP contribution is -2.30. The van der Waals surface area contributed by atoms with E-state index in [0.29, 0.717) is 22.5 Å². The number of nitrogens with zero attached hydrogens (tertiary/aromatic N) is 2. The summed E-state index contributed by atoms with van der Waals surface area (Å²) in [5.74, 6) is -1.72. The van der Waals surface area contributed by atoms with Crippen LogP contribution in [-0.4, -0.2) is 21.7 Å². The number of non-ortho nitro benzene ring substituents is 1. The molecular formula is C23H23N3O5. The largest absolute Gasteiger partial charge is 0.478 e. The second-order valence-corrected chi connectivity index (χ2v) is 7.22. The Bertz CT molecular complexity index is 1090. The molecule has 31 heavy (non-hydrogen) atoms. The third-order valence-electron chi connectivity index (χ3n) is 5.09. The van der Waals surface area contributed by atoms with Gasteiger partial charge in [-0.15, -0.1) is 0 Å². The van der Waals surface area contributed by atoms with Crippen molar-refractivity contribution in [1.29, 1.82) is 0 Å². The van der Waals surface area contributed by atoms with Crippen molar-refractivity contribution in [2.24, 2.45) is 5.16 Å². The number of hydrogen-bond donors (Lipinski definition) is 2. The first-order valence-corrected chi connectivity index (χ1v) is 9.66. The van der Waals surface area contributed by atoms with Gasteiger partial charge in [0.2, 0.25) is 0 Å². The van der Waals surface area contributed by atoms with Crippen molar-refractivity contribution in [1.82, 2.24) is 5.32 Å². The second-order valence-electron chi connectivity index (χ2n) is 7.22. The number of nitro benzene ring substituents is 1. The number of benzene rings is 2. The van der Waals surface area contributed by atoms with Crippen LogP contribution in [-0.2, 0) is 16.2 Å². The smallest absolute Gasteiger partial charge is 0.334 e. The van der Waals surface area contributed by atoms with Crippen molar-refractivity contribution in [3.8, 4) is 0 Å². The van der Waals surface area contributed by atoms with Crippen LogP contribution in [0.3, 0.4) is 0 Å². The fourth-order valence-electron chi connectivity index (χ4n) is 3.71. The van der Waals surface area contributed by atoms with E-state index in [1.54, 1.807) is 26.0 Å². The third kappa shape index (κ3) is 4.80. The minimum absolute atomic E-state index is 0.0610. The molecule has 8 nitrogen and oxygen atoms in total. The van der Waals surface area contributed by atoms with Gasteiger partial charge in [-0.3, -0.25) is 10.1 Å². The number of carboxylic acids is 1. The standard InChI is InChI=1S/C23H23N3O5/c1-14-20(16(3)25-31-13-17-7-5-4-6-8-17)22(21(23(27)28)15(2)24-14)18-9-11-19(12-10-18)26(29)30/h4-12,22,24H,13H2,1-3H3,(H,27,28). The van der Waals surface area contributed by atoms with Crippen molar-refractivity contribution >= 4 is 17.4 Å². The van der Waals surface area contributed by atoms with E-state index in [0.717, 1.165) is 11.3 Å². The van der Waals surface area contributed by atoms with Crippen LogP contribution in [0.4, 0.5) is 5.69 Å². The molecule has 2 aromatic carbocycles. The lowest BCUT2D eigenvalue weighted by atomic mass is 9.79. The Labute approximate surface area is 179 Å². The number of nitrogens with one attached hydrogen (secondary N) is 1. The molecule has 3 rings (SSSR count). The van der Waals surface area contributed by atoms with Crippen LogP contribution in [0.5, 0.6) is 0 Å². The van der Waals surface area contributed by atoms with E-state index in [4.69, 9.17) is 4.84 Å². The Balaban J connectivity index is 1.98. The highest BCUT2D eigenvalue weighted by atomic mass is 16.6. The molecule has 1 heterocycles. The molecule has 1 unspecified atom stereocenters. The molecule has 8 heteroatoms. The van der Waals surface area contributed by atoms with Gasteiger partial charge in [-0.25, -0.2) is 4.79 Å². The second kappa shape index (κ2) is 9.25. The zero-order chi connectivity index (χ0) is 22.5. The predicted octanol–water partition coefficient (Wildman–Crippen LogP) is 4.51. The summed E-state index contributed by atoms with van der Waals surface area (Å²) < 4.78 is 0. The van der Waals surface area contributed by atoms with E-state index < -0.39 is 16.8 Å². The third-order valence-corrected chi connectivity index (χ3v) is 5.09. The first kappa shape index (κ1) is 21.8. The Kier molecular flexibility index (Phi) is 6.49. The molecule has 0 aliphatic carbocycles. The maximum absolute atomic E-state index is 12.1. The molecule has 0 radical (unpaired) electrons. The maximum atomic E-state index is 12.1. The number of oxime groups is 1. The van der Waals surface area contributed by atoms with Gasteiger partial charge in [-0.05, 0) is 31.9 Å². The molecule has 0 spiro atoms. The molecule has 0 aromatic heterocycles. The number of allylic oxidation sites excluding steroid dienone is 3. The topological polar surface area (TPSA) is 114 Å². The zero-order valence-corrected chi connectivity index (χ0v) is 17.5. The first-order valence-electron chi connectivity index (χ1n) is 9.66. The zero-order valence-electron chi connectivity index (χ0n) is 17.5. The molecular weight excluding hydrogens is 398 g/mol. The van der Waals surface area contributed by atoms with Crippen LogP contribution in [0.15, 0.2) is 82.3 Å². The first-order chi connectivity index (χ1) is 14.8. The van der Waals surface area contributed by atoms with E-state index in [2.05, 4.69) is 10.5 Å². The molecule has 0 bridgehead atoms. The van der Waals surface area contributed by atoms with Gasteiger partial charge in [0.15, 0.2) is 0 Å². The Hall–Kier alpha value is -3.94. The molecule has 160 valence electrons. The van der Waals surface area contributed by atoms with E-state index in [1.807, 2.05) is 37.3 Å². The maximum Gasteiger partial charge on any atom is 0.334 e. The summed E-state index contributed by atoms with van der Waals surface area (Å²) in [6.07, 6.45) is 0. The fraction of sp³-hybridized carbons (Fsp3) is 0.217. The van der Waals surface area contributed by atoms with Gasteiger partial charge >= 0.3 is 5.97 Å². The molecule has 2 aromatic rings. The van der Waals surface area contributed by atoms with Gasteiger partial charge in [0, 0.05) is 35.0 Å². The molecule has 1 aliphatic rings. The van der Waals surface area contributed by atoms with Crippen molar-refractivity contribution in [3.63, 3.8) is 0 Å². The van der Waals surface area contributed by atoms with Gasteiger partial charge in [0.1, 0.15) is 6.61 Å². The van der Waals surface area contributed by atoms with Crippen LogP contribution >= 0.6 is 0 Å². The SMILES string of the molecule is CC(=NOCc1ccccc1)C1=C(C)NC(C)=C(C(=O)O)C1c1ccc([N+](=O)[O-])cc1. The van der Waals surface area contributed by atoms with Crippen LogP contribution in [0.2, 0.25) is 0 Å². The van der Waals surface area contributed by atoms with Gasteiger partial charge in [0.05, 0.1) is 16.2 Å². The normalized spacial score (nSPS) is 16.7. The summed E-state index contributed by atoms with van der Waals surface area (Å²) in [7, 11) is 0. The summed E-state index contributed by atoms with van der Waals surface area (Å²) in [4.78, 5) is 28.1. The van der Waals surface area contributed by atoms with E-state index in [1.165, 1.54) is 12.1 Å². The Morgan fingerprint density at radius 1 is 1.10 bits per heavy atom. The van der Waals surface area contributed by atoms with Crippen LogP contribution in [0.1, 0.15) is 37.8 Å². The minimum Gasteiger partial charge on any atom is -0.478 e. The Morgan fingerprint density at radius 2 is 1.71 bits per heavy atom. The van der Waals surface area contributed by atoms with E-state index in [9.17, 15) is 20.0 Å². The summed E-state index contributed by atoms with van der Waals surface area (Å²) in [6.45, 7) is 5.57. The van der Waals surface area contributed by atoms with Crippen LogP contribution < -0.4 is 5.32 Å². The average molecular weight is 421 g/mol. The molecule has 1 aliphatic heterocycles. The highest BCUT2D eigenvalue weighted by molar-refractivity contribution is 6.04. The van der Waals surface area contributed by atoms with Crippen molar-refractivity contribution in [2.75, 3.05) is 0 Å². The fourth-order valence-corrected chi connectivity index (χ4v) is 3.71. The van der Waals surface area contributed by atoms with Crippen LogP contribution in [0, 0.1) is 10.1 Å². The van der Waals surface area contributed by atoms with Crippen molar-refractivity contribution in [2.45, 2.75) is 33.3 Å². The highest BCUT2D eigenvalue weighted by Gasteiger charge is 2.34. The van der Waals surface area contributed by atoms with Crippen LogP contribution in [0.25, 0.3) is 0 Å². The van der Waals surface area contributed by atoms with Gasteiger partial charge in [-0.1, -0.05) is 47.6 Å². The van der Waals surface area contributed by atoms with Gasteiger partial charge in [0.25, 0.3) is 5.69 Å². The highest BCUT2D eigenvalue weighted by Crippen LogP contribution is 2.39. The van der Waals surface area contributed by atoms with E-state index >= 15 is 0 Å². The molecule has 1 atom stereocenters. The van der Waals surface area contributed by atoms with E-state index in [-0.39, 0.29) is 17.9 Å². The molecule has 0 amide bonds. The number of rotatable bonds is 7. The van der Waals surface area contributed by atoms with Crippen molar-refractivity contribution in [3.05, 3.63) is 98.4 Å². The Morgan fingerprint density at radius 3 is 2.29 bits per heavy atom. The summed E-state index contributed by atoms with van der Waals surface area (Å²) in [5.41, 5.74) is 4.11. The monoisotopic (exact) mass is 421 g/mol. The van der Waals surface area contributed by atoms with Crippen molar-refractivity contribution < 1.29 is 19.7 Å². The molecule has 0 saturated heterocycles. The molecule has 2 N–H and O–H groups in total. The number of carbonyl (C=O) groups is 1. The summed E-state index contributed by atoms with van der Waals surface area (Å²) >= 11 is 0. The summed E-state index contributed by atoms with van der Waals surface area (Å²) in [6, 6.07) is 15.5. The number of carboxylic acid groups (broad SMARTS) is 1. The lowest BCUT2D eigenvalue weighted by Gasteiger charge is -2.30. The number of dihydropyridines is 1. The lowest BCUT2D eigenvalue weighted by molar-refractivity contribution is -0.384. The molecule has 0 fully saturated rings. The number of hydrogen-bond acceptors (Lipinski definition) is 6. The molecule has 0 saturated carbocycles. The number of aliphatic carboxylic acids is 1. The predicted molar refractivity (Wildman–Crippen MR) is 116 cm³/mol. The minimum atomic E-state index is -1.07. The number of nitro groups is 1. The quantitative estimate of drug-likeness (QED) is 0.386.